The summed E-state index contributed by atoms with van der Waals surface area (Å²) in [7, 11) is 3.03. The molecule has 2 saturated heterocycles. The van der Waals surface area contributed by atoms with Crippen molar-refractivity contribution in [3.05, 3.63) is 23.8 Å². The molecule has 1 aromatic carbocycles. The third kappa shape index (κ3) is 3.62. The Bertz CT molecular complexity index is 1090. The summed E-state index contributed by atoms with van der Waals surface area (Å²) in [6.07, 6.45) is 8.17. The molecule has 8 heteroatoms. The number of hydrogen-bond acceptors (Lipinski definition) is 8. The summed E-state index contributed by atoms with van der Waals surface area (Å²) in [5, 5.41) is 40.5. The average Bonchev–Trinajstić information content (AvgIpc) is 3.06. The number of nitriles is 3. The Kier molecular flexibility index (Phi) is 6.93. The Morgan fingerprint density at radius 3 is 2.11 bits per heavy atom. The van der Waals surface area contributed by atoms with Crippen LogP contribution in [-0.4, -0.2) is 25.9 Å². The van der Waals surface area contributed by atoms with E-state index < -0.39 is 28.6 Å². The maximum atomic E-state index is 10.6. The largest absolute Gasteiger partial charge is 0.493 e. The molecule has 1 aliphatic carbocycles. The van der Waals surface area contributed by atoms with Gasteiger partial charge in [-0.15, -0.1) is 0 Å². The van der Waals surface area contributed by atoms with Crippen molar-refractivity contribution in [2.24, 2.45) is 16.7 Å². The first-order valence-electron chi connectivity index (χ1n) is 12.4. The number of ether oxygens (including phenoxy) is 4. The highest BCUT2D eigenvalue weighted by atomic mass is 16.7. The van der Waals surface area contributed by atoms with E-state index >= 15 is 0 Å². The van der Waals surface area contributed by atoms with Crippen LogP contribution in [0.3, 0.4) is 0 Å². The summed E-state index contributed by atoms with van der Waals surface area (Å²) < 4.78 is 23.6. The number of hydrogen-bond donors (Lipinski definition) is 1. The fraction of sp³-hybridized carbons (Fsp3) is 0.630. The van der Waals surface area contributed by atoms with E-state index in [-0.39, 0.29) is 5.90 Å². The second-order valence-electron chi connectivity index (χ2n) is 9.73. The zero-order valence-electron chi connectivity index (χ0n) is 20.4. The first kappa shape index (κ1) is 24.8. The van der Waals surface area contributed by atoms with E-state index in [1.165, 1.54) is 27.1 Å². The highest BCUT2D eigenvalue weighted by Gasteiger charge is 2.79. The van der Waals surface area contributed by atoms with E-state index in [4.69, 9.17) is 24.4 Å². The van der Waals surface area contributed by atoms with E-state index in [1.807, 2.05) is 0 Å². The van der Waals surface area contributed by atoms with Crippen molar-refractivity contribution in [3.63, 3.8) is 0 Å². The topological polar surface area (TPSA) is 132 Å². The number of nitrogens with zero attached hydrogens (tertiary/aromatic N) is 3. The molecule has 0 spiro atoms. The second-order valence-corrected chi connectivity index (χ2v) is 9.73. The normalized spacial score (nSPS) is 32.3. The minimum Gasteiger partial charge on any atom is -0.493 e. The summed E-state index contributed by atoms with van der Waals surface area (Å²) in [6, 6.07) is 11.7. The lowest BCUT2D eigenvalue weighted by molar-refractivity contribution is -0.287. The van der Waals surface area contributed by atoms with E-state index in [2.05, 4.69) is 18.2 Å². The number of methoxy groups -OCH3 is 2. The van der Waals surface area contributed by atoms with Gasteiger partial charge in [0.15, 0.2) is 16.9 Å². The maximum Gasteiger partial charge on any atom is 0.217 e. The predicted molar refractivity (Wildman–Crippen MR) is 126 cm³/mol. The molecule has 2 heterocycles. The van der Waals surface area contributed by atoms with Gasteiger partial charge in [-0.2, -0.15) is 15.8 Å². The molecule has 8 nitrogen and oxygen atoms in total. The molecule has 4 rings (SSSR count). The Morgan fingerprint density at radius 1 is 0.886 bits per heavy atom. The van der Waals surface area contributed by atoms with Crippen LogP contribution < -0.4 is 9.47 Å². The molecule has 3 fully saturated rings. The third-order valence-corrected chi connectivity index (χ3v) is 8.03. The van der Waals surface area contributed by atoms with Gasteiger partial charge in [-0.3, -0.25) is 5.41 Å². The monoisotopic (exact) mass is 476 g/mol. The SMILES string of the molecule is COc1ccc(C2OC34CCCCCCCCCCC3C(C#N)(C(=N)O4)C2(C#N)C#N)cc1OC. The number of benzene rings is 1. The van der Waals surface area contributed by atoms with Crippen LogP contribution in [0.1, 0.15) is 75.9 Å². The standard InChI is InChI=1S/C27H32N4O4/c1-32-20-13-12-19(15-21(20)33-2)23-25(16-28,17-29)26(18-30)22-11-9-7-5-3-4-6-8-10-14-27(22,34-23)35-24(26)31/h12-13,15,22-23,31H,3-11,14H2,1-2H3. The molecule has 2 aliphatic heterocycles. The van der Waals surface area contributed by atoms with Crippen LogP contribution in [0.5, 0.6) is 11.5 Å². The maximum absolute atomic E-state index is 10.6. The lowest BCUT2D eigenvalue weighted by Crippen LogP contribution is -2.59. The van der Waals surface area contributed by atoms with Gasteiger partial charge >= 0.3 is 0 Å². The molecule has 0 amide bonds. The fourth-order valence-electron chi connectivity index (χ4n) is 6.24. The Labute approximate surface area is 206 Å². The summed E-state index contributed by atoms with van der Waals surface area (Å²) >= 11 is 0. The van der Waals surface area contributed by atoms with Gasteiger partial charge in [-0.25, -0.2) is 0 Å². The Balaban J connectivity index is 1.90. The van der Waals surface area contributed by atoms with Gasteiger partial charge in [0.25, 0.3) is 0 Å². The van der Waals surface area contributed by atoms with Crippen molar-refractivity contribution in [3.8, 4) is 29.7 Å². The third-order valence-electron chi connectivity index (χ3n) is 8.03. The molecule has 2 bridgehead atoms. The zero-order chi connectivity index (χ0) is 25.1. The van der Waals surface area contributed by atoms with Crippen molar-refractivity contribution in [2.75, 3.05) is 14.2 Å². The summed E-state index contributed by atoms with van der Waals surface area (Å²) in [5.74, 6) is -1.23. The lowest BCUT2D eigenvalue weighted by Gasteiger charge is -2.50. The zero-order valence-corrected chi connectivity index (χ0v) is 20.4. The highest BCUT2D eigenvalue weighted by Crippen LogP contribution is 2.68. The van der Waals surface area contributed by atoms with Crippen molar-refractivity contribution in [1.29, 1.82) is 21.2 Å². The summed E-state index contributed by atoms with van der Waals surface area (Å²) in [4.78, 5) is 0. The smallest absolute Gasteiger partial charge is 0.217 e. The predicted octanol–water partition coefficient (Wildman–Crippen LogP) is 5.55. The van der Waals surface area contributed by atoms with E-state index in [0.29, 0.717) is 29.9 Å². The lowest BCUT2D eigenvalue weighted by atomic mass is 9.52. The quantitative estimate of drug-likeness (QED) is 0.604. The molecular formula is C27H32N4O4. The van der Waals surface area contributed by atoms with Crippen LogP contribution in [0, 0.1) is 56.2 Å². The van der Waals surface area contributed by atoms with E-state index in [0.717, 1.165) is 38.5 Å². The first-order valence-corrected chi connectivity index (χ1v) is 12.4. The van der Waals surface area contributed by atoms with Crippen molar-refractivity contribution < 1.29 is 18.9 Å². The molecule has 1 saturated carbocycles. The molecule has 1 N–H and O–H groups in total. The minimum atomic E-state index is -1.97. The van der Waals surface area contributed by atoms with Gasteiger partial charge < -0.3 is 18.9 Å². The van der Waals surface area contributed by atoms with Gasteiger partial charge in [-0.05, 0) is 30.5 Å². The van der Waals surface area contributed by atoms with Crippen molar-refractivity contribution >= 4 is 5.90 Å². The fourth-order valence-corrected chi connectivity index (χ4v) is 6.24. The molecule has 184 valence electrons. The molecule has 4 unspecified atom stereocenters. The molecule has 0 radical (unpaired) electrons. The Hall–Kier alpha value is -3.28. The number of nitrogens with one attached hydrogen (secondary N) is 1. The molecule has 3 aliphatic rings. The molecular weight excluding hydrogens is 444 g/mol. The van der Waals surface area contributed by atoms with E-state index in [1.54, 1.807) is 18.2 Å². The second kappa shape index (κ2) is 9.76. The number of rotatable bonds is 3. The van der Waals surface area contributed by atoms with Crippen LogP contribution in [0.25, 0.3) is 0 Å². The first-order chi connectivity index (χ1) is 17.0. The van der Waals surface area contributed by atoms with Crippen LogP contribution >= 0.6 is 0 Å². The molecule has 0 aromatic heterocycles. The highest BCUT2D eigenvalue weighted by molar-refractivity contribution is 5.89. The Morgan fingerprint density at radius 2 is 1.51 bits per heavy atom. The van der Waals surface area contributed by atoms with Gasteiger partial charge in [-0.1, -0.05) is 51.0 Å². The molecule has 35 heavy (non-hydrogen) atoms. The van der Waals surface area contributed by atoms with Gasteiger partial charge in [0.1, 0.15) is 6.10 Å². The van der Waals surface area contributed by atoms with Gasteiger partial charge in [0.05, 0.1) is 38.3 Å². The van der Waals surface area contributed by atoms with Crippen molar-refractivity contribution in [2.45, 2.75) is 76.1 Å². The van der Waals surface area contributed by atoms with Crippen LogP contribution in [-0.2, 0) is 9.47 Å². The van der Waals surface area contributed by atoms with Crippen molar-refractivity contribution in [1.82, 2.24) is 0 Å². The minimum absolute atomic E-state index is 0.328. The van der Waals surface area contributed by atoms with Crippen LogP contribution in [0.2, 0.25) is 0 Å². The van der Waals surface area contributed by atoms with Gasteiger partial charge in [0, 0.05) is 6.42 Å². The molecule has 1 aromatic rings. The van der Waals surface area contributed by atoms with Crippen LogP contribution in [0.4, 0.5) is 0 Å². The molecule has 4 atom stereocenters. The average molecular weight is 477 g/mol. The van der Waals surface area contributed by atoms with Crippen LogP contribution in [0.15, 0.2) is 18.2 Å². The van der Waals surface area contributed by atoms with Gasteiger partial charge in [0.2, 0.25) is 17.1 Å². The van der Waals surface area contributed by atoms with E-state index in [9.17, 15) is 15.8 Å². The summed E-state index contributed by atoms with van der Waals surface area (Å²) in [6.45, 7) is 0. The summed E-state index contributed by atoms with van der Waals surface area (Å²) in [5.41, 5.74) is -3.20.